The van der Waals surface area contributed by atoms with Crippen LogP contribution in [0.4, 0.5) is 0 Å². The molecule has 0 spiro atoms. The molecule has 4 heteroatoms. The molecule has 0 aliphatic carbocycles. The van der Waals surface area contributed by atoms with E-state index >= 15 is 0 Å². The van der Waals surface area contributed by atoms with Crippen molar-refractivity contribution >= 4 is 21.8 Å². The van der Waals surface area contributed by atoms with Crippen LogP contribution < -0.4 is 0 Å². The van der Waals surface area contributed by atoms with Crippen LogP contribution in [0.1, 0.15) is 37.7 Å². The normalized spacial score (nSPS) is 12.6. The average molecular weight is 287 g/mol. The number of aryl methyl sites for hydroxylation is 1. The van der Waals surface area contributed by atoms with Crippen molar-refractivity contribution in [1.82, 2.24) is 9.47 Å². The maximum absolute atomic E-state index is 12.2. The van der Waals surface area contributed by atoms with Gasteiger partial charge in [-0.05, 0) is 42.3 Å². The second-order valence-electron chi connectivity index (χ2n) is 4.00. The highest BCUT2D eigenvalue weighted by molar-refractivity contribution is 9.10. The summed E-state index contributed by atoms with van der Waals surface area (Å²) in [5, 5.41) is 0. The minimum atomic E-state index is 0.0851. The van der Waals surface area contributed by atoms with Gasteiger partial charge in [0, 0.05) is 30.3 Å². The minimum Gasteiger partial charge on any atom is -0.343 e. The number of aromatic nitrogens is 1. The summed E-state index contributed by atoms with van der Waals surface area (Å²) < 4.78 is 2.92. The molecule has 0 aliphatic rings. The number of carbonyl (C=O) groups is 1. The predicted molar refractivity (Wildman–Crippen MR) is 69.7 cm³/mol. The van der Waals surface area contributed by atoms with E-state index in [1.165, 1.54) is 0 Å². The van der Waals surface area contributed by atoms with Crippen LogP contribution in [-0.2, 0) is 6.54 Å². The Kier molecular flexibility index (Phi) is 4.59. The Balaban J connectivity index is 2.95. The number of hydrogen-bond donors (Lipinski definition) is 0. The van der Waals surface area contributed by atoms with Gasteiger partial charge in [-0.15, -0.1) is 0 Å². The van der Waals surface area contributed by atoms with Crippen molar-refractivity contribution in [3.8, 4) is 0 Å². The fraction of sp³-hybridized carbons (Fsp3) is 0.583. The fourth-order valence-electron chi connectivity index (χ4n) is 1.57. The molecule has 0 radical (unpaired) electrons. The Hall–Kier alpha value is -0.770. The summed E-state index contributed by atoms with van der Waals surface area (Å²) in [6, 6.07) is 2.15. The largest absolute Gasteiger partial charge is 0.343 e. The standard InChI is InChI=1S/C12H19BrN2O/c1-5-9(3)14(4)12(16)11-7-10(13)8-15(11)6-2/h7-9H,5-6H2,1-4H3. The Morgan fingerprint density at radius 3 is 2.69 bits per heavy atom. The van der Waals surface area contributed by atoms with Crippen LogP contribution in [-0.4, -0.2) is 28.5 Å². The van der Waals surface area contributed by atoms with Crippen LogP contribution in [0.3, 0.4) is 0 Å². The van der Waals surface area contributed by atoms with E-state index < -0.39 is 0 Å². The molecule has 0 aliphatic heterocycles. The molecule has 0 N–H and O–H groups in total. The van der Waals surface area contributed by atoms with Gasteiger partial charge in [-0.2, -0.15) is 0 Å². The molecule has 0 fully saturated rings. The lowest BCUT2D eigenvalue weighted by Gasteiger charge is -2.24. The molecule has 0 saturated carbocycles. The van der Waals surface area contributed by atoms with E-state index in [9.17, 15) is 4.79 Å². The molecule has 90 valence electrons. The molecule has 0 aromatic carbocycles. The third kappa shape index (κ3) is 2.67. The van der Waals surface area contributed by atoms with Crippen LogP contribution in [0.25, 0.3) is 0 Å². The number of nitrogens with zero attached hydrogens (tertiary/aromatic N) is 2. The molecule has 1 heterocycles. The average Bonchev–Trinajstić information content (AvgIpc) is 2.67. The summed E-state index contributed by atoms with van der Waals surface area (Å²) in [5.41, 5.74) is 0.747. The molecule has 16 heavy (non-hydrogen) atoms. The van der Waals surface area contributed by atoms with Crippen LogP contribution in [0.2, 0.25) is 0 Å². The molecule has 1 rings (SSSR count). The molecule has 1 unspecified atom stereocenters. The fourth-order valence-corrected chi connectivity index (χ4v) is 2.03. The quantitative estimate of drug-likeness (QED) is 0.835. The van der Waals surface area contributed by atoms with Gasteiger partial charge in [0.15, 0.2) is 0 Å². The second-order valence-corrected chi connectivity index (χ2v) is 4.92. The highest BCUT2D eigenvalue weighted by Crippen LogP contribution is 2.17. The van der Waals surface area contributed by atoms with E-state index in [-0.39, 0.29) is 11.9 Å². The van der Waals surface area contributed by atoms with Crippen molar-refractivity contribution in [1.29, 1.82) is 0 Å². The summed E-state index contributed by atoms with van der Waals surface area (Å²) in [4.78, 5) is 14.0. The van der Waals surface area contributed by atoms with Gasteiger partial charge in [-0.25, -0.2) is 0 Å². The first-order valence-electron chi connectivity index (χ1n) is 5.64. The van der Waals surface area contributed by atoms with E-state index in [0.717, 1.165) is 23.1 Å². The number of amides is 1. The first kappa shape index (κ1) is 13.3. The van der Waals surface area contributed by atoms with Gasteiger partial charge in [0.2, 0.25) is 0 Å². The lowest BCUT2D eigenvalue weighted by Crippen LogP contribution is -2.35. The Labute approximate surface area is 106 Å². The summed E-state index contributed by atoms with van der Waals surface area (Å²) >= 11 is 3.40. The number of hydrogen-bond acceptors (Lipinski definition) is 1. The number of carbonyl (C=O) groups excluding carboxylic acids is 1. The molecule has 0 bridgehead atoms. The predicted octanol–water partition coefficient (Wildman–Crippen LogP) is 3.14. The zero-order valence-electron chi connectivity index (χ0n) is 10.3. The molecule has 1 atom stereocenters. The minimum absolute atomic E-state index is 0.0851. The van der Waals surface area contributed by atoms with Gasteiger partial charge in [-0.1, -0.05) is 6.92 Å². The zero-order chi connectivity index (χ0) is 12.3. The lowest BCUT2D eigenvalue weighted by atomic mass is 10.2. The maximum atomic E-state index is 12.2. The Morgan fingerprint density at radius 1 is 1.56 bits per heavy atom. The van der Waals surface area contributed by atoms with Crippen molar-refractivity contribution in [2.24, 2.45) is 0 Å². The van der Waals surface area contributed by atoms with Crippen molar-refractivity contribution in [2.45, 2.75) is 39.8 Å². The zero-order valence-corrected chi connectivity index (χ0v) is 11.9. The number of rotatable bonds is 4. The van der Waals surface area contributed by atoms with Crippen molar-refractivity contribution in [3.63, 3.8) is 0 Å². The van der Waals surface area contributed by atoms with E-state index in [2.05, 4.69) is 29.8 Å². The molecule has 1 aromatic heterocycles. The molecular formula is C12H19BrN2O. The number of halogens is 1. The van der Waals surface area contributed by atoms with E-state index in [0.29, 0.717) is 0 Å². The highest BCUT2D eigenvalue weighted by atomic mass is 79.9. The van der Waals surface area contributed by atoms with Crippen LogP contribution >= 0.6 is 15.9 Å². The molecule has 1 aromatic rings. The third-order valence-electron chi connectivity index (χ3n) is 3.00. The first-order valence-corrected chi connectivity index (χ1v) is 6.43. The van der Waals surface area contributed by atoms with Crippen LogP contribution in [0.15, 0.2) is 16.7 Å². The molecular weight excluding hydrogens is 268 g/mol. The summed E-state index contributed by atoms with van der Waals surface area (Å²) in [6.07, 6.45) is 2.91. The molecule has 3 nitrogen and oxygen atoms in total. The third-order valence-corrected chi connectivity index (χ3v) is 3.43. The van der Waals surface area contributed by atoms with Gasteiger partial charge < -0.3 is 9.47 Å². The maximum Gasteiger partial charge on any atom is 0.270 e. The van der Waals surface area contributed by atoms with Gasteiger partial charge in [0.05, 0.1) is 0 Å². The van der Waals surface area contributed by atoms with Crippen LogP contribution in [0, 0.1) is 0 Å². The van der Waals surface area contributed by atoms with Crippen molar-refractivity contribution in [3.05, 3.63) is 22.4 Å². The van der Waals surface area contributed by atoms with Gasteiger partial charge in [0.25, 0.3) is 5.91 Å². The van der Waals surface area contributed by atoms with Gasteiger partial charge in [0.1, 0.15) is 5.69 Å². The lowest BCUT2D eigenvalue weighted by molar-refractivity contribution is 0.0730. The van der Waals surface area contributed by atoms with Gasteiger partial charge >= 0.3 is 0 Å². The second kappa shape index (κ2) is 5.53. The monoisotopic (exact) mass is 286 g/mol. The Morgan fingerprint density at radius 2 is 2.19 bits per heavy atom. The smallest absolute Gasteiger partial charge is 0.270 e. The van der Waals surface area contributed by atoms with Gasteiger partial charge in [-0.3, -0.25) is 4.79 Å². The summed E-state index contributed by atoms with van der Waals surface area (Å²) in [6.45, 7) is 6.99. The molecule has 0 saturated heterocycles. The summed E-state index contributed by atoms with van der Waals surface area (Å²) in [5.74, 6) is 0.0851. The first-order chi connectivity index (χ1) is 7.51. The van der Waals surface area contributed by atoms with Crippen LogP contribution in [0.5, 0.6) is 0 Å². The summed E-state index contributed by atoms with van der Waals surface area (Å²) in [7, 11) is 1.86. The van der Waals surface area contributed by atoms with E-state index in [1.54, 1.807) is 4.90 Å². The topological polar surface area (TPSA) is 25.2 Å². The Bertz CT molecular complexity index is 373. The van der Waals surface area contributed by atoms with E-state index in [1.807, 2.05) is 30.8 Å². The highest BCUT2D eigenvalue weighted by Gasteiger charge is 2.19. The van der Waals surface area contributed by atoms with Crippen molar-refractivity contribution in [2.75, 3.05) is 7.05 Å². The van der Waals surface area contributed by atoms with E-state index in [4.69, 9.17) is 0 Å². The van der Waals surface area contributed by atoms with Crippen molar-refractivity contribution < 1.29 is 4.79 Å². The SMILES string of the molecule is CCC(C)N(C)C(=O)c1cc(Br)cn1CC. The molecule has 1 amide bonds.